The second kappa shape index (κ2) is 8.44. The van der Waals surface area contributed by atoms with Crippen LogP contribution >= 0.6 is 11.3 Å². The molecule has 0 aliphatic carbocycles. The average molecular weight is 369 g/mol. The lowest BCUT2D eigenvalue weighted by Gasteiger charge is -2.12. The predicted octanol–water partition coefficient (Wildman–Crippen LogP) is 3.94. The van der Waals surface area contributed by atoms with Crippen LogP contribution in [0.25, 0.3) is 0 Å². The van der Waals surface area contributed by atoms with Crippen molar-refractivity contribution in [1.82, 2.24) is 10.2 Å². The topological polar surface area (TPSA) is 73.3 Å². The Bertz CT molecular complexity index is 881. The molecule has 0 fully saturated rings. The summed E-state index contributed by atoms with van der Waals surface area (Å²) in [6, 6.07) is 14.9. The summed E-state index contributed by atoms with van der Waals surface area (Å²) in [6.45, 7) is 2.42. The standard InChI is InChI=1S/C19H19N3O3S/c1-3-17-21-22-19(26-17)20-18(23)14-9-10-15(16(11-14)24-2)25-12-13-7-5-4-6-8-13/h4-11H,3,12H2,1-2H3,(H,20,22,23). The minimum Gasteiger partial charge on any atom is -0.493 e. The van der Waals surface area contributed by atoms with Crippen LogP contribution in [0.1, 0.15) is 27.9 Å². The van der Waals surface area contributed by atoms with E-state index in [0.717, 1.165) is 17.0 Å². The van der Waals surface area contributed by atoms with Crippen LogP contribution in [0.5, 0.6) is 11.5 Å². The number of rotatable bonds is 7. The van der Waals surface area contributed by atoms with Crippen LogP contribution in [0.3, 0.4) is 0 Å². The van der Waals surface area contributed by atoms with Gasteiger partial charge in [0, 0.05) is 5.56 Å². The summed E-state index contributed by atoms with van der Waals surface area (Å²) in [5.74, 6) is 0.814. The molecule has 0 aliphatic rings. The van der Waals surface area contributed by atoms with Crippen molar-refractivity contribution < 1.29 is 14.3 Å². The summed E-state index contributed by atoms with van der Waals surface area (Å²) in [7, 11) is 1.55. The fourth-order valence-electron chi connectivity index (χ4n) is 2.28. The van der Waals surface area contributed by atoms with Gasteiger partial charge in [0.05, 0.1) is 7.11 Å². The number of benzene rings is 2. The quantitative estimate of drug-likeness (QED) is 0.683. The summed E-state index contributed by atoms with van der Waals surface area (Å²) in [4.78, 5) is 12.4. The first-order chi connectivity index (χ1) is 12.7. The van der Waals surface area contributed by atoms with Gasteiger partial charge in [0.1, 0.15) is 11.6 Å². The number of methoxy groups -OCH3 is 1. The number of hydrogen-bond acceptors (Lipinski definition) is 6. The maximum atomic E-state index is 12.4. The van der Waals surface area contributed by atoms with Gasteiger partial charge >= 0.3 is 0 Å². The third-order valence-electron chi connectivity index (χ3n) is 3.65. The van der Waals surface area contributed by atoms with Gasteiger partial charge in [-0.1, -0.05) is 48.6 Å². The highest BCUT2D eigenvalue weighted by molar-refractivity contribution is 7.15. The maximum Gasteiger partial charge on any atom is 0.257 e. The summed E-state index contributed by atoms with van der Waals surface area (Å²) in [5.41, 5.74) is 1.52. The van der Waals surface area contributed by atoms with E-state index in [1.54, 1.807) is 25.3 Å². The molecule has 6 nitrogen and oxygen atoms in total. The Morgan fingerprint density at radius 2 is 1.92 bits per heavy atom. The molecule has 0 aliphatic heterocycles. The zero-order chi connectivity index (χ0) is 18.4. The van der Waals surface area contributed by atoms with Crippen molar-refractivity contribution in [3.8, 4) is 11.5 Å². The van der Waals surface area contributed by atoms with Gasteiger partial charge in [-0.05, 0) is 30.2 Å². The van der Waals surface area contributed by atoms with E-state index >= 15 is 0 Å². The van der Waals surface area contributed by atoms with Gasteiger partial charge in [-0.2, -0.15) is 0 Å². The highest BCUT2D eigenvalue weighted by Crippen LogP contribution is 2.29. The van der Waals surface area contributed by atoms with Crippen molar-refractivity contribution in [3.63, 3.8) is 0 Å². The lowest BCUT2D eigenvalue weighted by molar-refractivity contribution is 0.102. The molecule has 1 amide bonds. The van der Waals surface area contributed by atoms with Crippen molar-refractivity contribution in [2.75, 3.05) is 12.4 Å². The van der Waals surface area contributed by atoms with Crippen LogP contribution in [-0.4, -0.2) is 23.2 Å². The van der Waals surface area contributed by atoms with Crippen LogP contribution in [0, 0.1) is 0 Å². The van der Waals surface area contributed by atoms with E-state index in [0.29, 0.717) is 28.8 Å². The first kappa shape index (κ1) is 17.9. The first-order valence-electron chi connectivity index (χ1n) is 8.18. The highest BCUT2D eigenvalue weighted by atomic mass is 32.1. The molecule has 0 spiro atoms. The molecule has 1 N–H and O–H groups in total. The fourth-order valence-corrected chi connectivity index (χ4v) is 2.95. The number of ether oxygens (including phenoxy) is 2. The molecule has 3 aromatic rings. The van der Waals surface area contributed by atoms with E-state index in [1.807, 2.05) is 37.3 Å². The molecule has 3 rings (SSSR count). The molecular weight excluding hydrogens is 350 g/mol. The zero-order valence-corrected chi connectivity index (χ0v) is 15.4. The van der Waals surface area contributed by atoms with Gasteiger partial charge in [-0.25, -0.2) is 0 Å². The molecule has 0 saturated heterocycles. The number of hydrogen-bond donors (Lipinski definition) is 1. The van der Waals surface area contributed by atoms with Crippen LogP contribution in [0.2, 0.25) is 0 Å². The zero-order valence-electron chi connectivity index (χ0n) is 14.6. The molecule has 0 bridgehead atoms. The van der Waals surface area contributed by atoms with Gasteiger partial charge in [-0.15, -0.1) is 10.2 Å². The Balaban J connectivity index is 1.70. The average Bonchev–Trinajstić information content (AvgIpc) is 3.14. The third-order valence-corrected chi connectivity index (χ3v) is 4.64. The number of carbonyl (C=O) groups is 1. The molecule has 1 aromatic heterocycles. The van der Waals surface area contributed by atoms with Gasteiger partial charge in [0.15, 0.2) is 11.5 Å². The Labute approximate surface area is 155 Å². The van der Waals surface area contributed by atoms with Gasteiger partial charge in [0.2, 0.25) is 5.13 Å². The van der Waals surface area contributed by atoms with Crippen LogP contribution in [0.4, 0.5) is 5.13 Å². The number of nitrogens with one attached hydrogen (secondary N) is 1. The summed E-state index contributed by atoms with van der Waals surface area (Å²) in [6.07, 6.45) is 0.787. The molecule has 0 unspecified atom stereocenters. The number of aryl methyl sites for hydroxylation is 1. The predicted molar refractivity (Wildman–Crippen MR) is 101 cm³/mol. The fraction of sp³-hybridized carbons (Fsp3) is 0.211. The van der Waals surface area contributed by atoms with Gasteiger partial charge < -0.3 is 9.47 Å². The summed E-state index contributed by atoms with van der Waals surface area (Å²) >= 11 is 1.36. The SMILES string of the molecule is CCc1nnc(NC(=O)c2ccc(OCc3ccccc3)c(OC)c2)s1. The molecule has 1 heterocycles. The minimum atomic E-state index is -0.267. The monoisotopic (exact) mass is 369 g/mol. The molecule has 7 heteroatoms. The maximum absolute atomic E-state index is 12.4. The van der Waals surface area contributed by atoms with Crippen LogP contribution in [0.15, 0.2) is 48.5 Å². The second-order valence-corrected chi connectivity index (χ2v) is 6.51. The molecule has 134 valence electrons. The minimum absolute atomic E-state index is 0.267. The van der Waals surface area contributed by atoms with Crippen molar-refractivity contribution >= 4 is 22.4 Å². The molecule has 26 heavy (non-hydrogen) atoms. The Kier molecular flexibility index (Phi) is 5.80. The normalized spacial score (nSPS) is 10.4. The van der Waals surface area contributed by atoms with Crippen LogP contribution in [-0.2, 0) is 13.0 Å². The smallest absolute Gasteiger partial charge is 0.257 e. The van der Waals surface area contributed by atoms with E-state index in [2.05, 4.69) is 15.5 Å². The Hall–Kier alpha value is -2.93. The second-order valence-electron chi connectivity index (χ2n) is 5.45. The van der Waals surface area contributed by atoms with E-state index in [4.69, 9.17) is 9.47 Å². The number of anilines is 1. The number of amides is 1. The first-order valence-corrected chi connectivity index (χ1v) is 8.99. The van der Waals surface area contributed by atoms with Crippen molar-refractivity contribution in [1.29, 1.82) is 0 Å². The van der Waals surface area contributed by atoms with E-state index in [-0.39, 0.29) is 5.91 Å². The Morgan fingerprint density at radius 1 is 1.12 bits per heavy atom. The molecule has 0 atom stereocenters. The third kappa shape index (κ3) is 4.37. The number of carbonyl (C=O) groups excluding carboxylic acids is 1. The van der Waals surface area contributed by atoms with Crippen molar-refractivity contribution in [2.45, 2.75) is 20.0 Å². The van der Waals surface area contributed by atoms with Crippen LogP contribution < -0.4 is 14.8 Å². The summed E-state index contributed by atoms with van der Waals surface area (Å²) < 4.78 is 11.2. The van der Waals surface area contributed by atoms with E-state index in [9.17, 15) is 4.79 Å². The number of aromatic nitrogens is 2. The largest absolute Gasteiger partial charge is 0.493 e. The molecule has 2 aromatic carbocycles. The lowest BCUT2D eigenvalue weighted by atomic mass is 10.2. The van der Waals surface area contributed by atoms with Gasteiger partial charge in [0.25, 0.3) is 5.91 Å². The highest BCUT2D eigenvalue weighted by Gasteiger charge is 2.13. The summed E-state index contributed by atoms with van der Waals surface area (Å²) in [5, 5.41) is 12.1. The number of nitrogens with zero attached hydrogens (tertiary/aromatic N) is 2. The van der Waals surface area contributed by atoms with Gasteiger partial charge in [-0.3, -0.25) is 10.1 Å². The van der Waals surface area contributed by atoms with E-state index < -0.39 is 0 Å². The van der Waals surface area contributed by atoms with Crippen molar-refractivity contribution in [2.24, 2.45) is 0 Å². The molecule has 0 saturated carbocycles. The lowest BCUT2D eigenvalue weighted by Crippen LogP contribution is -2.12. The van der Waals surface area contributed by atoms with E-state index in [1.165, 1.54) is 11.3 Å². The van der Waals surface area contributed by atoms with Crippen molar-refractivity contribution in [3.05, 3.63) is 64.7 Å². The molecule has 0 radical (unpaired) electrons. The molecular formula is C19H19N3O3S. The Morgan fingerprint density at radius 3 is 2.62 bits per heavy atom.